The number of hydrogen-bond acceptors (Lipinski definition) is 3. The van der Waals surface area contributed by atoms with Gasteiger partial charge in [0.05, 0.1) is 0 Å². The third-order valence-electron chi connectivity index (χ3n) is 3.23. The van der Waals surface area contributed by atoms with Gasteiger partial charge in [0.1, 0.15) is 12.0 Å². The highest BCUT2D eigenvalue weighted by atomic mass is 16.3. The topological polar surface area (TPSA) is 52.0 Å². The zero-order chi connectivity index (χ0) is 11.0. The number of oxazole rings is 1. The number of nitrogens with two attached hydrogens (primary N) is 1. The van der Waals surface area contributed by atoms with Gasteiger partial charge in [-0.2, -0.15) is 0 Å². The van der Waals surface area contributed by atoms with E-state index in [-0.39, 0.29) is 6.04 Å². The molecule has 3 nitrogen and oxygen atoms in total. The first kappa shape index (κ1) is 9.60. The summed E-state index contributed by atoms with van der Waals surface area (Å²) in [6, 6.07) is 6.58. The summed E-state index contributed by atoms with van der Waals surface area (Å²) >= 11 is 0. The van der Waals surface area contributed by atoms with Gasteiger partial charge < -0.3 is 10.2 Å². The van der Waals surface area contributed by atoms with E-state index < -0.39 is 0 Å². The predicted octanol–water partition coefficient (Wildman–Crippen LogP) is 2.68. The molecule has 0 spiro atoms. The van der Waals surface area contributed by atoms with Crippen molar-refractivity contribution in [1.82, 2.24) is 4.98 Å². The van der Waals surface area contributed by atoms with Gasteiger partial charge in [-0.15, -0.1) is 0 Å². The Hall–Kier alpha value is -1.61. The fraction of sp³-hybridized carbons (Fsp3) is 0.308. The lowest BCUT2D eigenvalue weighted by atomic mass is 9.87. The molecule has 1 aliphatic rings. The second kappa shape index (κ2) is 3.76. The SMILES string of the molecule is NC1CCCc2ccc(-c3cocn3)cc21. The summed E-state index contributed by atoms with van der Waals surface area (Å²) in [5.74, 6) is 0. The number of rotatable bonds is 1. The number of hydrogen-bond donors (Lipinski definition) is 1. The van der Waals surface area contributed by atoms with E-state index in [0.29, 0.717) is 0 Å². The standard InChI is InChI=1S/C13H14N2O/c14-12-3-1-2-9-4-5-10(6-11(9)12)13-7-16-8-15-13/h4-8,12H,1-3,14H2. The van der Waals surface area contributed by atoms with Crippen molar-refractivity contribution in [2.45, 2.75) is 25.3 Å². The smallest absolute Gasteiger partial charge is 0.181 e. The number of benzene rings is 1. The van der Waals surface area contributed by atoms with E-state index >= 15 is 0 Å². The third-order valence-corrected chi connectivity index (χ3v) is 3.23. The van der Waals surface area contributed by atoms with E-state index in [2.05, 4.69) is 23.2 Å². The Morgan fingerprint density at radius 2 is 2.31 bits per heavy atom. The van der Waals surface area contributed by atoms with Crippen molar-refractivity contribution in [3.8, 4) is 11.3 Å². The number of aromatic nitrogens is 1. The average Bonchev–Trinajstić information content (AvgIpc) is 2.83. The first-order valence-corrected chi connectivity index (χ1v) is 5.61. The molecule has 0 amide bonds. The van der Waals surface area contributed by atoms with Gasteiger partial charge in [0, 0.05) is 11.6 Å². The maximum atomic E-state index is 6.12. The number of fused-ring (bicyclic) bond motifs is 1. The molecule has 0 saturated heterocycles. The first-order chi connectivity index (χ1) is 7.84. The molecule has 1 heterocycles. The summed E-state index contributed by atoms with van der Waals surface area (Å²) in [5.41, 5.74) is 10.7. The number of nitrogens with zero attached hydrogens (tertiary/aromatic N) is 1. The lowest BCUT2D eigenvalue weighted by Crippen LogP contribution is -2.17. The summed E-state index contributed by atoms with van der Waals surface area (Å²) in [7, 11) is 0. The van der Waals surface area contributed by atoms with Crippen molar-refractivity contribution in [2.24, 2.45) is 5.73 Å². The van der Waals surface area contributed by atoms with Crippen molar-refractivity contribution in [3.05, 3.63) is 42.0 Å². The lowest BCUT2D eigenvalue weighted by Gasteiger charge is -2.22. The van der Waals surface area contributed by atoms with Gasteiger partial charge in [-0.1, -0.05) is 12.1 Å². The van der Waals surface area contributed by atoms with Gasteiger partial charge in [-0.05, 0) is 36.5 Å². The first-order valence-electron chi connectivity index (χ1n) is 5.61. The highest BCUT2D eigenvalue weighted by Gasteiger charge is 2.17. The second-order valence-electron chi connectivity index (χ2n) is 4.29. The third kappa shape index (κ3) is 1.53. The Labute approximate surface area is 94.3 Å². The van der Waals surface area contributed by atoms with Gasteiger partial charge in [0.2, 0.25) is 0 Å². The van der Waals surface area contributed by atoms with E-state index in [1.54, 1.807) is 6.26 Å². The fourth-order valence-electron chi connectivity index (χ4n) is 2.35. The molecule has 1 aliphatic carbocycles. The number of aryl methyl sites for hydroxylation is 1. The van der Waals surface area contributed by atoms with Gasteiger partial charge in [0.15, 0.2) is 6.39 Å². The highest BCUT2D eigenvalue weighted by Crippen LogP contribution is 2.31. The highest BCUT2D eigenvalue weighted by molar-refractivity contribution is 5.60. The Morgan fingerprint density at radius 3 is 3.12 bits per heavy atom. The van der Waals surface area contributed by atoms with Crippen molar-refractivity contribution in [3.63, 3.8) is 0 Å². The molecule has 16 heavy (non-hydrogen) atoms. The van der Waals surface area contributed by atoms with Crippen LogP contribution in [0.25, 0.3) is 11.3 Å². The minimum atomic E-state index is 0.176. The lowest BCUT2D eigenvalue weighted by molar-refractivity contribution is 0.558. The van der Waals surface area contributed by atoms with Crippen LogP contribution in [0.1, 0.15) is 30.0 Å². The van der Waals surface area contributed by atoms with Crippen LogP contribution in [0.5, 0.6) is 0 Å². The molecule has 2 N–H and O–H groups in total. The molecule has 1 atom stereocenters. The van der Waals surface area contributed by atoms with Gasteiger partial charge in [-0.25, -0.2) is 4.98 Å². The minimum absolute atomic E-state index is 0.176. The van der Waals surface area contributed by atoms with Crippen LogP contribution in [0.2, 0.25) is 0 Å². The maximum absolute atomic E-state index is 6.12. The van der Waals surface area contributed by atoms with Crippen LogP contribution < -0.4 is 5.73 Å². The Morgan fingerprint density at radius 1 is 1.38 bits per heavy atom. The molecule has 3 heteroatoms. The quantitative estimate of drug-likeness (QED) is 0.794. The molecule has 0 bridgehead atoms. The summed E-state index contributed by atoms with van der Waals surface area (Å²) in [6.07, 6.45) is 6.53. The van der Waals surface area contributed by atoms with Crippen molar-refractivity contribution >= 4 is 0 Å². The van der Waals surface area contributed by atoms with Gasteiger partial charge in [0.25, 0.3) is 0 Å². The van der Waals surface area contributed by atoms with Crippen LogP contribution in [0, 0.1) is 0 Å². The summed E-state index contributed by atoms with van der Waals surface area (Å²) in [4.78, 5) is 4.15. The van der Waals surface area contributed by atoms with Gasteiger partial charge in [-0.3, -0.25) is 0 Å². The fourth-order valence-corrected chi connectivity index (χ4v) is 2.35. The van der Waals surface area contributed by atoms with Crippen LogP contribution >= 0.6 is 0 Å². The van der Waals surface area contributed by atoms with Crippen LogP contribution in [-0.4, -0.2) is 4.98 Å². The molecular formula is C13H14N2O. The van der Waals surface area contributed by atoms with E-state index in [1.807, 2.05) is 0 Å². The molecular weight excluding hydrogens is 200 g/mol. The monoisotopic (exact) mass is 214 g/mol. The van der Waals surface area contributed by atoms with E-state index in [1.165, 1.54) is 23.9 Å². The molecule has 3 rings (SSSR count). The van der Waals surface area contributed by atoms with Crippen LogP contribution in [-0.2, 0) is 6.42 Å². The predicted molar refractivity (Wildman–Crippen MR) is 61.8 cm³/mol. The summed E-state index contributed by atoms with van der Waals surface area (Å²) in [6.45, 7) is 0. The molecule has 1 aromatic heterocycles. The Bertz CT molecular complexity index is 491. The molecule has 0 aliphatic heterocycles. The average molecular weight is 214 g/mol. The van der Waals surface area contributed by atoms with E-state index in [0.717, 1.165) is 24.1 Å². The molecule has 0 saturated carbocycles. The maximum Gasteiger partial charge on any atom is 0.181 e. The van der Waals surface area contributed by atoms with Crippen molar-refractivity contribution in [1.29, 1.82) is 0 Å². The second-order valence-corrected chi connectivity index (χ2v) is 4.29. The van der Waals surface area contributed by atoms with E-state index in [9.17, 15) is 0 Å². The Balaban J connectivity index is 2.07. The summed E-state index contributed by atoms with van der Waals surface area (Å²) in [5, 5.41) is 0. The van der Waals surface area contributed by atoms with E-state index in [4.69, 9.17) is 10.2 Å². The van der Waals surface area contributed by atoms with Crippen LogP contribution in [0.15, 0.2) is 35.3 Å². The minimum Gasteiger partial charge on any atom is -0.451 e. The zero-order valence-electron chi connectivity index (χ0n) is 9.02. The van der Waals surface area contributed by atoms with Crippen LogP contribution in [0.4, 0.5) is 0 Å². The van der Waals surface area contributed by atoms with Crippen LogP contribution in [0.3, 0.4) is 0 Å². The molecule has 0 radical (unpaired) electrons. The summed E-state index contributed by atoms with van der Waals surface area (Å²) < 4.78 is 5.00. The molecule has 0 fully saturated rings. The molecule has 1 unspecified atom stereocenters. The largest absolute Gasteiger partial charge is 0.451 e. The van der Waals surface area contributed by atoms with Gasteiger partial charge >= 0.3 is 0 Å². The zero-order valence-corrected chi connectivity index (χ0v) is 9.02. The molecule has 1 aromatic carbocycles. The Kier molecular flexibility index (Phi) is 2.26. The van der Waals surface area contributed by atoms with Crippen molar-refractivity contribution < 1.29 is 4.42 Å². The molecule has 2 aromatic rings. The van der Waals surface area contributed by atoms with Crippen molar-refractivity contribution in [2.75, 3.05) is 0 Å². The molecule has 82 valence electrons. The normalized spacial score (nSPS) is 19.4.